The summed E-state index contributed by atoms with van der Waals surface area (Å²) in [5.74, 6) is 0.731. The van der Waals surface area contributed by atoms with E-state index in [9.17, 15) is 4.79 Å². The van der Waals surface area contributed by atoms with E-state index in [-0.39, 0.29) is 18.5 Å². The van der Waals surface area contributed by atoms with E-state index >= 15 is 0 Å². The second-order valence-electron chi connectivity index (χ2n) is 7.37. The number of nitrogens with one attached hydrogen (secondary N) is 1. The average molecular weight is 417 g/mol. The highest BCUT2D eigenvalue weighted by molar-refractivity contribution is 7.21. The molecule has 0 aliphatic rings. The molecule has 0 atom stereocenters. The molecule has 0 spiro atoms. The third-order valence-corrected chi connectivity index (χ3v) is 6.03. The van der Waals surface area contributed by atoms with Gasteiger partial charge in [0, 0.05) is 17.5 Å². The number of aromatic nitrogens is 2. The van der Waals surface area contributed by atoms with Gasteiger partial charge in [0.05, 0.1) is 11.9 Å². The summed E-state index contributed by atoms with van der Waals surface area (Å²) < 4.78 is 0. The Kier molecular flexibility index (Phi) is 6.05. The lowest BCUT2D eigenvalue weighted by molar-refractivity contribution is -0.131. The van der Waals surface area contributed by atoms with E-state index in [0.29, 0.717) is 12.4 Å². The quantitative estimate of drug-likeness (QED) is 0.449. The van der Waals surface area contributed by atoms with Gasteiger partial charge in [-0.3, -0.25) is 4.79 Å². The molecular formula is C24H24N4OS. The highest BCUT2D eigenvalue weighted by Crippen LogP contribution is 2.34. The summed E-state index contributed by atoms with van der Waals surface area (Å²) in [6.45, 7) is 4.85. The van der Waals surface area contributed by atoms with Gasteiger partial charge >= 0.3 is 0 Å². The van der Waals surface area contributed by atoms with E-state index in [0.717, 1.165) is 26.2 Å². The number of carbonyl (C=O) groups excluding carboxylic acids is 1. The Morgan fingerprint density at radius 1 is 1.03 bits per heavy atom. The van der Waals surface area contributed by atoms with Crippen LogP contribution in [0, 0.1) is 0 Å². The fourth-order valence-corrected chi connectivity index (χ4v) is 4.35. The molecule has 2 heterocycles. The number of thiophene rings is 1. The minimum atomic E-state index is 0.0409. The average Bonchev–Trinajstić information content (AvgIpc) is 3.22. The zero-order chi connectivity index (χ0) is 20.9. The van der Waals surface area contributed by atoms with Crippen molar-refractivity contribution in [2.45, 2.75) is 26.4 Å². The van der Waals surface area contributed by atoms with E-state index in [1.165, 1.54) is 0 Å². The summed E-state index contributed by atoms with van der Waals surface area (Å²) in [7, 11) is 0. The van der Waals surface area contributed by atoms with E-state index in [1.54, 1.807) is 17.7 Å². The molecule has 4 rings (SSSR count). The van der Waals surface area contributed by atoms with Crippen molar-refractivity contribution >= 4 is 33.3 Å². The maximum atomic E-state index is 12.9. The summed E-state index contributed by atoms with van der Waals surface area (Å²) in [5.41, 5.74) is 2.27. The number of hydrogen-bond donors (Lipinski definition) is 1. The molecule has 152 valence electrons. The number of fused-ring (bicyclic) bond motifs is 1. The van der Waals surface area contributed by atoms with Crippen LogP contribution in [0.2, 0.25) is 0 Å². The van der Waals surface area contributed by atoms with Gasteiger partial charge in [-0.05, 0) is 31.0 Å². The summed E-state index contributed by atoms with van der Waals surface area (Å²) in [4.78, 5) is 25.7. The fourth-order valence-electron chi connectivity index (χ4n) is 3.34. The maximum Gasteiger partial charge on any atom is 0.242 e. The van der Waals surface area contributed by atoms with Crippen molar-refractivity contribution in [3.8, 4) is 10.4 Å². The van der Waals surface area contributed by atoms with E-state index in [1.807, 2.05) is 67.3 Å². The molecule has 4 aromatic rings. The summed E-state index contributed by atoms with van der Waals surface area (Å²) in [6, 6.07) is 22.5. The van der Waals surface area contributed by atoms with Crippen molar-refractivity contribution in [3.05, 3.63) is 78.6 Å². The first-order valence-electron chi connectivity index (χ1n) is 9.99. The molecule has 0 saturated heterocycles. The van der Waals surface area contributed by atoms with E-state index < -0.39 is 0 Å². The largest absolute Gasteiger partial charge is 0.360 e. The first kappa shape index (κ1) is 20.0. The standard InChI is InChI=1S/C24H24N4OS/c1-17(2)28(15-18-9-5-3-6-10-18)22(29)14-25-23-20-13-21(19-11-7-4-8-12-19)30-24(20)27-16-26-23/h3-13,16-17H,14-15H2,1-2H3,(H,25,26,27). The van der Waals surface area contributed by atoms with Crippen LogP contribution in [-0.2, 0) is 11.3 Å². The van der Waals surface area contributed by atoms with Crippen molar-refractivity contribution < 1.29 is 4.79 Å². The topological polar surface area (TPSA) is 58.1 Å². The van der Waals surface area contributed by atoms with Crippen LogP contribution in [0.1, 0.15) is 19.4 Å². The number of nitrogens with zero attached hydrogens (tertiary/aromatic N) is 3. The number of carbonyl (C=O) groups is 1. The molecular weight excluding hydrogens is 392 g/mol. The Bertz CT molecular complexity index is 1130. The Labute approximate surface area is 180 Å². The molecule has 6 heteroatoms. The van der Waals surface area contributed by atoms with Crippen LogP contribution < -0.4 is 5.32 Å². The van der Waals surface area contributed by atoms with E-state index in [4.69, 9.17) is 0 Å². The third-order valence-electron chi connectivity index (χ3n) is 4.93. The number of benzene rings is 2. The molecule has 0 saturated carbocycles. The van der Waals surface area contributed by atoms with Crippen LogP contribution in [0.3, 0.4) is 0 Å². The Morgan fingerprint density at radius 3 is 2.43 bits per heavy atom. The molecule has 2 aromatic heterocycles. The van der Waals surface area contributed by atoms with Crippen molar-refractivity contribution in [2.24, 2.45) is 0 Å². The van der Waals surface area contributed by atoms with Crippen LogP contribution in [0.15, 0.2) is 73.1 Å². The first-order valence-corrected chi connectivity index (χ1v) is 10.8. The Balaban J connectivity index is 1.51. The Morgan fingerprint density at radius 2 is 1.73 bits per heavy atom. The second-order valence-corrected chi connectivity index (χ2v) is 8.40. The minimum absolute atomic E-state index is 0.0409. The number of rotatable bonds is 7. The number of hydrogen-bond acceptors (Lipinski definition) is 5. The van der Waals surface area contributed by atoms with Crippen LogP contribution in [0.4, 0.5) is 5.82 Å². The molecule has 0 aliphatic heterocycles. The van der Waals surface area contributed by atoms with Crippen molar-refractivity contribution in [1.29, 1.82) is 0 Å². The van der Waals surface area contributed by atoms with Crippen LogP contribution in [0.25, 0.3) is 20.7 Å². The van der Waals surface area contributed by atoms with Gasteiger partial charge in [0.2, 0.25) is 5.91 Å². The van der Waals surface area contributed by atoms with Crippen molar-refractivity contribution in [1.82, 2.24) is 14.9 Å². The number of anilines is 1. The SMILES string of the molecule is CC(C)N(Cc1ccccc1)C(=O)CNc1ncnc2sc(-c3ccccc3)cc12. The lowest BCUT2D eigenvalue weighted by atomic mass is 10.2. The molecule has 0 unspecified atom stereocenters. The maximum absolute atomic E-state index is 12.9. The smallest absolute Gasteiger partial charge is 0.242 e. The van der Waals surface area contributed by atoms with Gasteiger partial charge in [0.1, 0.15) is 17.0 Å². The van der Waals surface area contributed by atoms with Crippen molar-refractivity contribution in [2.75, 3.05) is 11.9 Å². The molecule has 1 amide bonds. The molecule has 5 nitrogen and oxygen atoms in total. The first-order chi connectivity index (χ1) is 14.6. The van der Waals surface area contributed by atoms with Gasteiger partial charge in [-0.2, -0.15) is 0 Å². The lowest BCUT2D eigenvalue weighted by Crippen LogP contribution is -2.40. The highest BCUT2D eigenvalue weighted by Gasteiger charge is 2.18. The lowest BCUT2D eigenvalue weighted by Gasteiger charge is -2.27. The summed E-state index contributed by atoms with van der Waals surface area (Å²) in [6.07, 6.45) is 1.55. The second kappa shape index (κ2) is 9.05. The minimum Gasteiger partial charge on any atom is -0.360 e. The predicted octanol–water partition coefficient (Wildman–Crippen LogP) is 5.21. The van der Waals surface area contributed by atoms with Gasteiger partial charge in [0.25, 0.3) is 0 Å². The molecule has 0 aliphatic carbocycles. The van der Waals surface area contributed by atoms with Crippen LogP contribution in [-0.4, -0.2) is 33.4 Å². The van der Waals surface area contributed by atoms with E-state index in [2.05, 4.69) is 33.5 Å². The van der Waals surface area contributed by atoms with Gasteiger partial charge in [-0.25, -0.2) is 9.97 Å². The molecule has 30 heavy (non-hydrogen) atoms. The molecule has 0 radical (unpaired) electrons. The molecule has 2 aromatic carbocycles. The fraction of sp³-hybridized carbons (Fsp3) is 0.208. The zero-order valence-corrected chi connectivity index (χ0v) is 17.9. The number of amides is 1. The predicted molar refractivity (Wildman–Crippen MR) is 123 cm³/mol. The van der Waals surface area contributed by atoms with Gasteiger partial charge in [-0.1, -0.05) is 60.7 Å². The normalized spacial score (nSPS) is 11.0. The summed E-state index contributed by atoms with van der Waals surface area (Å²) in [5, 5.41) is 4.18. The molecule has 1 N–H and O–H groups in total. The third kappa shape index (κ3) is 4.49. The van der Waals surface area contributed by atoms with Crippen LogP contribution >= 0.6 is 11.3 Å². The van der Waals surface area contributed by atoms with Gasteiger partial charge < -0.3 is 10.2 Å². The highest BCUT2D eigenvalue weighted by atomic mass is 32.1. The van der Waals surface area contributed by atoms with Crippen molar-refractivity contribution in [3.63, 3.8) is 0 Å². The van der Waals surface area contributed by atoms with Gasteiger partial charge in [-0.15, -0.1) is 11.3 Å². The Hall–Kier alpha value is -3.25. The zero-order valence-electron chi connectivity index (χ0n) is 17.1. The van der Waals surface area contributed by atoms with Gasteiger partial charge in [0.15, 0.2) is 0 Å². The summed E-state index contributed by atoms with van der Waals surface area (Å²) >= 11 is 1.63. The monoisotopic (exact) mass is 416 g/mol. The molecule has 0 fully saturated rings. The molecule has 0 bridgehead atoms. The van der Waals surface area contributed by atoms with Crippen LogP contribution in [0.5, 0.6) is 0 Å².